The van der Waals surface area contributed by atoms with E-state index in [2.05, 4.69) is 26.2 Å². The predicted octanol–water partition coefficient (Wildman–Crippen LogP) is 3.08. The molecule has 1 heterocycles. The molecule has 0 atom stereocenters. The van der Waals surface area contributed by atoms with Crippen molar-refractivity contribution in [2.75, 3.05) is 11.1 Å². The van der Waals surface area contributed by atoms with Gasteiger partial charge in [0, 0.05) is 11.8 Å². The van der Waals surface area contributed by atoms with E-state index in [-0.39, 0.29) is 5.91 Å². The number of carbonyl (C=O) groups excluding carboxylic acids is 1. The molecule has 2 rings (SSSR count). The van der Waals surface area contributed by atoms with Gasteiger partial charge in [0.15, 0.2) is 0 Å². The molecule has 19 heavy (non-hydrogen) atoms. The molecule has 0 saturated carbocycles. The summed E-state index contributed by atoms with van der Waals surface area (Å²) in [6, 6.07) is 10.8. The number of carbonyl (C=O) groups is 1. The number of nitrogens with one attached hydrogen (secondary N) is 1. The van der Waals surface area contributed by atoms with Gasteiger partial charge in [0.05, 0.1) is 11.9 Å². The van der Waals surface area contributed by atoms with Crippen LogP contribution in [0.2, 0.25) is 0 Å². The highest BCUT2D eigenvalue weighted by Crippen LogP contribution is 2.11. The van der Waals surface area contributed by atoms with Crippen LogP contribution in [0.25, 0.3) is 6.08 Å². The summed E-state index contributed by atoms with van der Waals surface area (Å²) in [5, 5.41) is 2.71. The van der Waals surface area contributed by atoms with E-state index in [0.717, 1.165) is 10.2 Å². The largest absolute Gasteiger partial charge is 0.399 e. The lowest BCUT2D eigenvalue weighted by molar-refractivity contribution is -0.111. The maximum atomic E-state index is 11.7. The smallest absolute Gasteiger partial charge is 0.248 e. The topological polar surface area (TPSA) is 68.0 Å². The monoisotopic (exact) mass is 317 g/mol. The lowest BCUT2D eigenvalue weighted by Gasteiger charge is -2.01. The van der Waals surface area contributed by atoms with E-state index in [4.69, 9.17) is 5.73 Å². The number of anilines is 2. The third-order valence-electron chi connectivity index (χ3n) is 2.33. The molecular weight excluding hydrogens is 306 g/mol. The minimum atomic E-state index is -0.216. The number of halogens is 1. The maximum absolute atomic E-state index is 11.7. The highest BCUT2D eigenvalue weighted by molar-refractivity contribution is 9.10. The number of aromatic nitrogens is 1. The number of hydrogen-bond donors (Lipinski definition) is 2. The van der Waals surface area contributed by atoms with Crippen LogP contribution in [0.4, 0.5) is 11.4 Å². The highest BCUT2D eigenvalue weighted by Gasteiger charge is 1.98. The maximum Gasteiger partial charge on any atom is 0.248 e. The first kappa shape index (κ1) is 13.3. The van der Waals surface area contributed by atoms with Gasteiger partial charge in [-0.3, -0.25) is 4.79 Å². The molecule has 0 saturated heterocycles. The van der Waals surface area contributed by atoms with Gasteiger partial charge in [-0.15, -0.1) is 0 Å². The van der Waals surface area contributed by atoms with Crippen molar-refractivity contribution in [1.29, 1.82) is 0 Å². The first-order valence-electron chi connectivity index (χ1n) is 5.59. The third-order valence-corrected chi connectivity index (χ3v) is 2.80. The van der Waals surface area contributed by atoms with Crippen molar-refractivity contribution in [1.82, 2.24) is 4.98 Å². The zero-order chi connectivity index (χ0) is 13.7. The van der Waals surface area contributed by atoms with Crippen LogP contribution in [0, 0.1) is 0 Å². The molecule has 0 fully saturated rings. The number of rotatable bonds is 3. The molecule has 0 unspecified atom stereocenters. The van der Waals surface area contributed by atoms with Crippen LogP contribution < -0.4 is 11.1 Å². The predicted molar refractivity (Wildman–Crippen MR) is 80.5 cm³/mol. The van der Waals surface area contributed by atoms with Crippen molar-refractivity contribution in [2.45, 2.75) is 0 Å². The molecular formula is C14H12BrN3O. The van der Waals surface area contributed by atoms with Gasteiger partial charge in [0.25, 0.3) is 0 Å². The van der Waals surface area contributed by atoms with Gasteiger partial charge >= 0.3 is 0 Å². The Bertz CT molecular complexity index is 608. The van der Waals surface area contributed by atoms with E-state index in [0.29, 0.717) is 11.4 Å². The second kappa shape index (κ2) is 6.15. The molecule has 1 aromatic heterocycles. The minimum Gasteiger partial charge on any atom is -0.399 e. The van der Waals surface area contributed by atoms with Crippen LogP contribution in [0.1, 0.15) is 5.56 Å². The van der Waals surface area contributed by atoms with E-state index in [1.54, 1.807) is 36.5 Å². The quantitative estimate of drug-likeness (QED) is 0.519. The van der Waals surface area contributed by atoms with Crippen molar-refractivity contribution >= 4 is 39.3 Å². The molecule has 0 radical (unpaired) electrons. The van der Waals surface area contributed by atoms with Crippen molar-refractivity contribution in [3.05, 3.63) is 58.8 Å². The molecule has 0 aliphatic rings. The SMILES string of the molecule is Nc1cccc(/C=C/C(=O)Nc2ccc(Br)nc2)c1. The van der Waals surface area contributed by atoms with Crippen LogP contribution in [0.15, 0.2) is 53.3 Å². The van der Waals surface area contributed by atoms with Crippen LogP contribution in [0.5, 0.6) is 0 Å². The molecule has 1 aromatic carbocycles. The minimum absolute atomic E-state index is 0.216. The Morgan fingerprint density at radius 1 is 1.32 bits per heavy atom. The molecule has 0 aliphatic heterocycles. The van der Waals surface area contributed by atoms with E-state index in [1.807, 2.05) is 12.1 Å². The Morgan fingerprint density at radius 3 is 2.84 bits per heavy atom. The van der Waals surface area contributed by atoms with Crippen molar-refractivity contribution in [3.8, 4) is 0 Å². The Morgan fingerprint density at radius 2 is 2.16 bits per heavy atom. The number of nitrogen functional groups attached to an aromatic ring is 1. The highest BCUT2D eigenvalue weighted by atomic mass is 79.9. The Labute approximate surface area is 119 Å². The van der Waals surface area contributed by atoms with E-state index in [1.165, 1.54) is 6.08 Å². The van der Waals surface area contributed by atoms with Crippen LogP contribution >= 0.6 is 15.9 Å². The molecule has 1 amide bonds. The molecule has 2 aromatic rings. The lowest BCUT2D eigenvalue weighted by atomic mass is 10.2. The Hall–Kier alpha value is -2.14. The first-order chi connectivity index (χ1) is 9.13. The number of pyridine rings is 1. The summed E-state index contributed by atoms with van der Waals surface area (Å²) in [6.07, 6.45) is 4.74. The van der Waals surface area contributed by atoms with Gasteiger partial charge < -0.3 is 11.1 Å². The molecule has 96 valence electrons. The average Bonchev–Trinajstić information content (AvgIpc) is 2.39. The summed E-state index contributed by atoms with van der Waals surface area (Å²) < 4.78 is 0.723. The zero-order valence-electron chi connectivity index (χ0n) is 10.0. The fourth-order valence-corrected chi connectivity index (χ4v) is 1.70. The standard InChI is InChI=1S/C14H12BrN3O/c15-13-6-5-12(9-17-13)18-14(19)7-4-10-2-1-3-11(16)8-10/h1-9H,16H2,(H,18,19)/b7-4+. The van der Waals surface area contributed by atoms with E-state index < -0.39 is 0 Å². The summed E-state index contributed by atoms with van der Waals surface area (Å²) in [5.74, 6) is -0.216. The average molecular weight is 318 g/mol. The van der Waals surface area contributed by atoms with Gasteiger partial charge in [0.2, 0.25) is 5.91 Å². The molecule has 0 bridgehead atoms. The number of nitrogens with two attached hydrogens (primary N) is 1. The van der Waals surface area contributed by atoms with Gasteiger partial charge in [-0.05, 0) is 51.8 Å². The van der Waals surface area contributed by atoms with Crippen LogP contribution in [-0.4, -0.2) is 10.9 Å². The van der Waals surface area contributed by atoms with Crippen molar-refractivity contribution in [2.24, 2.45) is 0 Å². The summed E-state index contributed by atoms with van der Waals surface area (Å²) >= 11 is 3.23. The van der Waals surface area contributed by atoms with Crippen LogP contribution in [-0.2, 0) is 4.79 Å². The lowest BCUT2D eigenvalue weighted by Crippen LogP contribution is -2.07. The normalized spacial score (nSPS) is 10.6. The summed E-state index contributed by atoms with van der Waals surface area (Å²) in [4.78, 5) is 15.7. The van der Waals surface area contributed by atoms with Gasteiger partial charge in [0.1, 0.15) is 4.60 Å². The molecule has 4 nitrogen and oxygen atoms in total. The van der Waals surface area contributed by atoms with Gasteiger partial charge in [-0.25, -0.2) is 4.98 Å². The van der Waals surface area contributed by atoms with Crippen molar-refractivity contribution in [3.63, 3.8) is 0 Å². The van der Waals surface area contributed by atoms with Gasteiger partial charge in [-0.2, -0.15) is 0 Å². The third kappa shape index (κ3) is 4.22. The van der Waals surface area contributed by atoms with E-state index in [9.17, 15) is 4.79 Å². The summed E-state index contributed by atoms with van der Waals surface area (Å²) in [7, 11) is 0. The Kier molecular flexibility index (Phi) is 4.30. The van der Waals surface area contributed by atoms with Crippen molar-refractivity contribution < 1.29 is 4.79 Å². The summed E-state index contributed by atoms with van der Waals surface area (Å²) in [6.45, 7) is 0. The van der Waals surface area contributed by atoms with E-state index >= 15 is 0 Å². The summed E-state index contributed by atoms with van der Waals surface area (Å²) in [5.41, 5.74) is 7.84. The van der Waals surface area contributed by atoms with Gasteiger partial charge in [-0.1, -0.05) is 12.1 Å². The Balaban J connectivity index is 1.99. The molecule has 0 aliphatic carbocycles. The number of nitrogens with zero attached hydrogens (tertiary/aromatic N) is 1. The number of amides is 1. The molecule has 3 N–H and O–H groups in total. The van der Waals surface area contributed by atoms with Crippen LogP contribution in [0.3, 0.4) is 0 Å². The fourth-order valence-electron chi connectivity index (χ4n) is 1.47. The fraction of sp³-hybridized carbons (Fsp3) is 0. The number of benzene rings is 1. The second-order valence-corrected chi connectivity index (χ2v) is 4.67. The first-order valence-corrected chi connectivity index (χ1v) is 6.39. The second-order valence-electron chi connectivity index (χ2n) is 3.86. The zero-order valence-corrected chi connectivity index (χ0v) is 11.6. The molecule has 0 spiro atoms. The molecule has 5 heteroatoms. The number of hydrogen-bond acceptors (Lipinski definition) is 3.